The topological polar surface area (TPSA) is 171 Å². The Balaban J connectivity index is 1.73. The Morgan fingerprint density at radius 2 is 1.59 bits per heavy atom. The molecule has 10 nitrogen and oxygen atoms in total. The second-order valence-electron chi connectivity index (χ2n) is 10.1. The SMILES string of the molecule is CC=CC=Cc1cc2cc3c(c(O)c2c(=O)[nH]1)[C@@]1(CC3)C(O)=c2c(=O)c3c(=O)cc(OCC)c(=O)c=3c(=O)c2=C1O. The highest BCUT2D eigenvalue weighted by atomic mass is 16.5. The van der Waals surface area contributed by atoms with Gasteiger partial charge in [0, 0.05) is 17.3 Å². The molecule has 4 aliphatic carbocycles. The smallest absolute Gasteiger partial charge is 0.260 e. The van der Waals surface area contributed by atoms with Gasteiger partial charge in [0.2, 0.25) is 16.3 Å². The van der Waals surface area contributed by atoms with Crippen LogP contribution in [0.5, 0.6) is 11.5 Å². The maximum absolute atomic E-state index is 13.6. The molecule has 4 N–H and O–H groups in total. The summed E-state index contributed by atoms with van der Waals surface area (Å²) in [6.45, 7) is 3.44. The first-order valence-electron chi connectivity index (χ1n) is 12.9. The molecule has 0 amide bonds. The van der Waals surface area contributed by atoms with Crippen molar-refractivity contribution in [3.63, 3.8) is 0 Å². The molecule has 1 aromatic carbocycles. The summed E-state index contributed by atoms with van der Waals surface area (Å²) >= 11 is 0. The Hall–Kier alpha value is -5.25. The van der Waals surface area contributed by atoms with Gasteiger partial charge < -0.3 is 25.0 Å². The Bertz CT molecular complexity index is 2370. The molecule has 0 fully saturated rings. The van der Waals surface area contributed by atoms with Gasteiger partial charge in [-0.25, -0.2) is 0 Å². The molecule has 1 aromatic heterocycles. The summed E-state index contributed by atoms with van der Waals surface area (Å²) in [7, 11) is 0. The molecule has 0 bridgehead atoms. The molecule has 1 spiro atoms. The van der Waals surface area contributed by atoms with E-state index < -0.39 is 76.6 Å². The first kappa shape index (κ1) is 26.0. The summed E-state index contributed by atoms with van der Waals surface area (Å²) in [6, 6.07) is 4.14. The third-order valence-electron chi connectivity index (χ3n) is 7.93. The average Bonchev–Trinajstić information content (AvgIpc) is 3.42. The molecular weight excluding hydrogens is 530 g/mol. The van der Waals surface area contributed by atoms with Crippen LogP contribution in [-0.2, 0) is 11.8 Å². The lowest BCUT2D eigenvalue weighted by Crippen LogP contribution is -2.52. The lowest BCUT2D eigenvalue weighted by atomic mass is 9.78. The number of ether oxygens (including phenoxy) is 1. The summed E-state index contributed by atoms with van der Waals surface area (Å²) in [5.74, 6) is -2.40. The first-order valence-corrected chi connectivity index (χ1v) is 12.9. The van der Waals surface area contributed by atoms with Crippen molar-refractivity contribution in [3.05, 3.63) is 125 Å². The molecule has 4 aliphatic rings. The zero-order chi connectivity index (χ0) is 29.4. The van der Waals surface area contributed by atoms with Gasteiger partial charge in [-0.05, 0) is 49.8 Å². The second kappa shape index (κ2) is 8.88. The van der Waals surface area contributed by atoms with E-state index in [9.17, 15) is 39.3 Å². The van der Waals surface area contributed by atoms with Crippen LogP contribution < -0.4 is 42.4 Å². The molecule has 1 heterocycles. The normalized spacial score (nSPS) is 18.0. The molecule has 0 saturated carbocycles. The predicted molar refractivity (Wildman–Crippen MR) is 152 cm³/mol. The van der Waals surface area contributed by atoms with Crippen molar-refractivity contribution < 1.29 is 20.1 Å². The van der Waals surface area contributed by atoms with Gasteiger partial charge in [0.25, 0.3) is 5.56 Å². The van der Waals surface area contributed by atoms with Crippen LogP contribution >= 0.6 is 0 Å². The minimum Gasteiger partial charge on any atom is -0.510 e. The minimum absolute atomic E-state index is 0.0231. The van der Waals surface area contributed by atoms with E-state index in [1.807, 2.05) is 13.0 Å². The fourth-order valence-electron chi connectivity index (χ4n) is 6.24. The molecular formula is C31H23NO9. The van der Waals surface area contributed by atoms with Gasteiger partial charge in [0.1, 0.15) is 22.7 Å². The number of aliphatic hydroxyl groups excluding tert-OH is 2. The monoisotopic (exact) mass is 553 g/mol. The van der Waals surface area contributed by atoms with Gasteiger partial charge in [0.05, 0.1) is 32.9 Å². The minimum atomic E-state index is -1.93. The van der Waals surface area contributed by atoms with Crippen LogP contribution in [0.4, 0.5) is 0 Å². The van der Waals surface area contributed by atoms with E-state index in [0.29, 0.717) is 16.6 Å². The highest BCUT2D eigenvalue weighted by molar-refractivity contribution is 5.94. The number of nitrogens with one attached hydrogen (secondary N) is 1. The number of aromatic amines is 1. The van der Waals surface area contributed by atoms with Gasteiger partial charge in [-0.15, -0.1) is 0 Å². The number of rotatable bonds is 4. The van der Waals surface area contributed by atoms with E-state index in [1.165, 1.54) is 0 Å². The van der Waals surface area contributed by atoms with Crippen LogP contribution in [0.1, 0.15) is 37.1 Å². The Labute approximate surface area is 229 Å². The fraction of sp³-hybridized carbons (Fsp3) is 0.194. The van der Waals surface area contributed by atoms with Crippen LogP contribution in [0.3, 0.4) is 0 Å². The van der Waals surface area contributed by atoms with E-state index in [0.717, 1.165) is 6.07 Å². The number of phenolic OH excluding ortho intramolecular Hbond substituents is 1. The number of aryl methyl sites for hydroxylation is 1. The number of H-pyrrole nitrogens is 1. The summed E-state index contributed by atoms with van der Waals surface area (Å²) in [6.07, 6.45) is 7.16. The van der Waals surface area contributed by atoms with E-state index >= 15 is 0 Å². The number of phenols is 1. The fourth-order valence-corrected chi connectivity index (χ4v) is 6.24. The van der Waals surface area contributed by atoms with Crippen molar-refractivity contribution >= 4 is 28.4 Å². The third-order valence-corrected chi connectivity index (χ3v) is 7.93. The summed E-state index contributed by atoms with van der Waals surface area (Å²) < 4.78 is 5.18. The zero-order valence-electron chi connectivity index (χ0n) is 22.0. The number of fused-ring (bicyclic) bond motifs is 4. The highest BCUT2D eigenvalue weighted by Gasteiger charge is 2.53. The zero-order valence-corrected chi connectivity index (χ0v) is 22.0. The van der Waals surface area contributed by atoms with E-state index in [4.69, 9.17) is 4.74 Å². The summed E-state index contributed by atoms with van der Waals surface area (Å²) in [5, 5.41) is 32.1. The molecule has 6 rings (SSSR count). The number of aromatic nitrogens is 1. The Kier molecular flexibility index (Phi) is 5.63. The molecule has 0 aliphatic heterocycles. The number of pyridine rings is 1. The van der Waals surface area contributed by atoms with Gasteiger partial charge in [-0.1, -0.05) is 24.3 Å². The summed E-state index contributed by atoms with van der Waals surface area (Å²) in [4.78, 5) is 68.8. The van der Waals surface area contributed by atoms with Crippen LogP contribution in [0, 0.1) is 10.4 Å². The Morgan fingerprint density at radius 3 is 2.24 bits per heavy atom. The van der Waals surface area contributed by atoms with Gasteiger partial charge in [-0.2, -0.15) is 0 Å². The molecule has 0 unspecified atom stereocenters. The largest absolute Gasteiger partial charge is 0.510 e. The van der Waals surface area contributed by atoms with Crippen molar-refractivity contribution in [2.45, 2.75) is 32.1 Å². The van der Waals surface area contributed by atoms with E-state index in [2.05, 4.69) is 4.98 Å². The quantitative estimate of drug-likeness (QED) is 0.263. The highest BCUT2D eigenvalue weighted by Crippen LogP contribution is 2.54. The molecule has 206 valence electrons. The van der Waals surface area contributed by atoms with Crippen LogP contribution in [0.2, 0.25) is 0 Å². The van der Waals surface area contributed by atoms with E-state index in [-0.39, 0.29) is 30.4 Å². The number of aliphatic hydroxyl groups is 2. The number of aromatic hydroxyl groups is 1. The first-order chi connectivity index (χ1) is 19.6. The van der Waals surface area contributed by atoms with Crippen molar-refractivity contribution in [3.8, 4) is 11.5 Å². The van der Waals surface area contributed by atoms with Crippen molar-refractivity contribution in [1.82, 2.24) is 4.98 Å². The number of hydrogen-bond acceptors (Lipinski definition) is 9. The predicted octanol–water partition coefficient (Wildman–Crippen LogP) is 0.493. The number of hydrogen-bond donors (Lipinski definition) is 4. The van der Waals surface area contributed by atoms with Crippen LogP contribution in [-0.4, -0.2) is 26.9 Å². The second-order valence-corrected chi connectivity index (χ2v) is 10.1. The van der Waals surface area contributed by atoms with Crippen molar-refractivity contribution in [1.29, 1.82) is 0 Å². The van der Waals surface area contributed by atoms with Gasteiger partial charge in [-0.3, -0.25) is 24.0 Å². The maximum atomic E-state index is 13.6. The van der Waals surface area contributed by atoms with Gasteiger partial charge >= 0.3 is 0 Å². The lowest BCUT2D eigenvalue weighted by molar-refractivity contribution is 0.336. The lowest BCUT2D eigenvalue weighted by Gasteiger charge is -2.27. The number of allylic oxidation sites excluding steroid dienone is 3. The van der Waals surface area contributed by atoms with Crippen molar-refractivity contribution in [2.75, 3.05) is 6.61 Å². The molecule has 1 atom stereocenters. The molecule has 41 heavy (non-hydrogen) atoms. The average molecular weight is 554 g/mol. The Morgan fingerprint density at radius 1 is 0.902 bits per heavy atom. The van der Waals surface area contributed by atoms with Crippen LogP contribution in [0.25, 0.3) is 28.4 Å². The third kappa shape index (κ3) is 3.27. The van der Waals surface area contributed by atoms with E-state index in [1.54, 1.807) is 37.3 Å². The maximum Gasteiger partial charge on any atom is 0.260 e. The summed E-state index contributed by atoms with van der Waals surface area (Å²) in [5.41, 5.74) is -5.75. The molecule has 0 radical (unpaired) electrons. The van der Waals surface area contributed by atoms with Crippen LogP contribution in [0.15, 0.2) is 60.4 Å². The standard InChI is InChI=1S/C31H23NO9/c1-3-5-6-7-15-11-14-10-13-8-9-31(23(13)27(37)18(14)30(40)32-15)28(38)21-22(29(31)39)26(36)20-19(25(21)35)16(33)12-17(24(20)34)41-4-2/h3,5-7,10-12,37-39H,4,8-9H2,1-2H3,(H,32,40)/t31-/m0/s1. The van der Waals surface area contributed by atoms with Gasteiger partial charge in [0.15, 0.2) is 11.2 Å². The van der Waals surface area contributed by atoms with Crippen molar-refractivity contribution in [2.24, 2.45) is 0 Å². The molecule has 0 saturated heterocycles. The molecule has 2 aromatic rings. The molecule has 10 heteroatoms. The number of benzene rings is 1.